The van der Waals surface area contributed by atoms with Gasteiger partial charge in [-0.05, 0) is 138 Å². The van der Waals surface area contributed by atoms with Gasteiger partial charge in [-0.3, -0.25) is 23.6 Å². The average molecular weight is 1550 g/mol. The van der Waals surface area contributed by atoms with Crippen LogP contribution in [0.25, 0.3) is 0 Å². The fourth-order valence-corrected chi connectivity index (χ4v) is 14.0. The van der Waals surface area contributed by atoms with Gasteiger partial charge in [0.1, 0.15) is 0 Å². The quantitative estimate of drug-likeness (QED) is 0.0463. The maximum absolute atomic E-state index is 12.8. The number of methoxy groups -OCH3 is 2. The molecule has 4 aliphatic heterocycles. The van der Waals surface area contributed by atoms with Gasteiger partial charge in [0.25, 0.3) is 10.1 Å². The van der Waals surface area contributed by atoms with Crippen molar-refractivity contribution in [1.82, 2.24) is 9.80 Å². The third kappa shape index (κ3) is 26.7. The number of unbranched alkanes of at least 4 members (excludes halogenated alkanes) is 1. The average Bonchev–Trinajstić information content (AvgIpc) is 4.49. The predicted octanol–water partition coefficient (Wildman–Crippen LogP) is 13.2. The van der Waals surface area contributed by atoms with Gasteiger partial charge in [-0.25, -0.2) is 0 Å². The molecule has 15 nitrogen and oxygen atoms in total. The smallest absolute Gasteiger partial charge is 0 e. The molecule has 2 saturated carbocycles. The van der Waals surface area contributed by atoms with Crippen LogP contribution in [0.2, 0.25) is 10.0 Å². The van der Waals surface area contributed by atoms with Crippen molar-refractivity contribution < 1.29 is 100 Å². The Balaban J connectivity index is -0.000000513. The SMILES string of the molecule is COC(=O)C1C(c2ccc(Cl)cc2)CC2CCC1N2C.COC(=O)C1C(c2ccc(Cl)cc2)CC2CCC1N2CCCCC1CCCC1.Cc1ccc(S(=O)(=O)OCCCC2CCCC2)cc1.[C-]#[O+].[C-]#[O+].[C-]#[O+].[C-]#[O+].[C-]#[O+].[C-]#[O+].[CH3-].[CH3-].[Re].[Re]. The van der Waals surface area contributed by atoms with Crippen molar-refractivity contribution in [2.45, 2.75) is 170 Å². The Bertz CT molecular complexity index is 2400. The second-order valence-corrected chi connectivity index (χ2v) is 22.9. The van der Waals surface area contributed by atoms with Crippen molar-refractivity contribution in [3.8, 4) is 0 Å². The van der Waals surface area contributed by atoms with Crippen LogP contribution in [0.1, 0.15) is 151 Å². The van der Waals surface area contributed by atoms with Gasteiger partial charge in [0.05, 0.1) is 37.6 Å². The minimum atomic E-state index is -3.57. The summed E-state index contributed by atoms with van der Waals surface area (Å²) in [5.74, 6) is 2.01. The summed E-state index contributed by atoms with van der Waals surface area (Å²) >= 11 is 12.1. The normalized spacial score (nSPS) is 22.3. The van der Waals surface area contributed by atoms with Gasteiger partial charge >= 0.3 is 79.8 Å². The fourth-order valence-electron chi connectivity index (χ4n) is 12.8. The van der Waals surface area contributed by atoms with E-state index in [1.54, 1.807) is 24.3 Å². The van der Waals surface area contributed by atoms with E-state index < -0.39 is 10.1 Å². The summed E-state index contributed by atoms with van der Waals surface area (Å²) in [6, 6.07) is 24.6. The first kappa shape index (κ1) is 86.2. The molecular formula is C63H82Cl2N2O13Re2S-2. The Morgan fingerprint density at radius 1 is 0.554 bits per heavy atom. The van der Waals surface area contributed by atoms with E-state index in [9.17, 15) is 18.0 Å². The molecule has 458 valence electrons. The van der Waals surface area contributed by atoms with Crippen LogP contribution in [-0.2, 0) is 102 Å². The van der Waals surface area contributed by atoms with Gasteiger partial charge in [0.15, 0.2) is 0 Å². The summed E-state index contributed by atoms with van der Waals surface area (Å²) in [5.41, 5.74) is 3.48. The molecule has 4 bridgehead atoms. The summed E-state index contributed by atoms with van der Waals surface area (Å²) in [5, 5.41) is 1.49. The van der Waals surface area contributed by atoms with Crippen LogP contribution in [0.4, 0.5) is 0 Å². The Kier molecular flexibility index (Phi) is 50.7. The van der Waals surface area contributed by atoms with Crippen LogP contribution in [0.3, 0.4) is 0 Å². The van der Waals surface area contributed by atoms with Gasteiger partial charge < -0.3 is 24.3 Å². The fraction of sp³-hybridized carbons (Fsp3) is 0.556. The third-order valence-corrected chi connectivity index (χ3v) is 18.2. The molecule has 2 radical (unpaired) electrons. The molecule has 4 heterocycles. The topological polar surface area (TPSA) is 222 Å². The molecule has 0 amide bonds. The maximum atomic E-state index is 12.8. The molecule has 8 atom stereocenters. The first-order valence-electron chi connectivity index (χ1n) is 26.7. The van der Waals surface area contributed by atoms with Gasteiger partial charge in [0, 0.05) is 86.9 Å². The van der Waals surface area contributed by atoms with Crippen LogP contribution in [0.15, 0.2) is 77.7 Å². The first-order chi connectivity index (χ1) is 38.4. The number of esters is 2. The number of hydrogen-bond acceptors (Lipinski definition) is 9. The number of ether oxygens (including phenoxy) is 2. The maximum Gasteiger partial charge on any atom is 0 e. The third-order valence-electron chi connectivity index (χ3n) is 16.4. The molecule has 20 heteroatoms. The van der Waals surface area contributed by atoms with Crippen molar-refractivity contribution >= 4 is 45.3 Å². The van der Waals surface area contributed by atoms with E-state index in [-0.39, 0.29) is 96.2 Å². The zero-order valence-electron chi connectivity index (χ0n) is 48.7. The number of aryl methyl sites for hydroxylation is 1. The van der Waals surface area contributed by atoms with Gasteiger partial charge in [0.2, 0.25) is 0 Å². The van der Waals surface area contributed by atoms with E-state index in [0.717, 1.165) is 72.5 Å². The minimum Gasteiger partial charge on any atom is -0.358 e. The molecule has 6 fully saturated rings. The van der Waals surface area contributed by atoms with Crippen LogP contribution in [0.5, 0.6) is 0 Å². The molecule has 9 rings (SSSR count). The van der Waals surface area contributed by atoms with Gasteiger partial charge in [-0.15, -0.1) is 0 Å². The number of piperidine rings is 2. The molecule has 0 spiro atoms. The van der Waals surface area contributed by atoms with Gasteiger partial charge in [-0.1, -0.05) is 129 Å². The van der Waals surface area contributed by atoms with E-state index in [2.05, 4.69) is 68.9 Å². The van der Waals surface area contributed by atoms with Crippen LogP contribution < -0.4 is 0 Å². The summed E-state index contributed by atoms with van der Waals surface area (Å²) in [6.45, 7) is 30.4. The molecule has 4 saturated heterocycles. The molecule has 6 aliphatic rings. The molecule has 8 unspecified atom stereocenters. The molecule has 2 aliphatic carbocycles. The number of rotatable bonds is 15. The number of carbonyl (C=O) groups is 2. The largest absolute Gasteiger partial charge is 0.358 e. The van der Waals surface area contributed by atoms with Crippen molar-refractivity contribution in [3.05, 3.63) is 154 Å². The first-order valence-corrected chi connectivity index (χ1v) is 28.9. The van der Waals surface area contributed by atoms with Gasteiger partial charge in [-0.2, -0.15) is 8.42 Å². The second kappa shape index (κ2) is 48.8. The Labute approximate surface area is 533 Å². The standard InChI is InChI=1S/C24H34ClNO2.C16H20ClNO2.C15H22O3S.6CO.2CH3.2Re/c1-28-24(27)23-21(18-9-11-19(25)12-10-18)16-20-13-14-22(23)26(20)15-5-4-8-17-6-2-3-7-17;1-18-12-7-8-14(18)15(16(19)20-2)13(9-12)10-3-5-11(17)6-4-10;1-13-8-10-15(11-9-13)19(16,17)18-12-4-7-14-5-2-3-6-14;6*1-2;;;;/h9-12,17,20-23H,2-8,13-16H2,1H3;3-6,12-15H,7-9H2,1-2H3;8-11,14H,2-7,12H2,1H3;;;;;;;2*1H3;;/q;;;;;;;;;2*-1;;. The van der Waals surface area contributed by atoms with Crippen LogP contribution in [0, 0.1) is 85.4 Å². The van der Waals surface area contributed by atoms with Crippen molar-refractivity contribution in [3.63, 3.8) is 0 Å². The van der Waals surface area contributed by atoms with E-state index in [0.29, 0.717) is 30.8 Å². The minimum absolute atomic E-state index is 0. The van der Waals surface area contributed by atoms with E-state index >= 15 is 0 Å². The Hall–Kier alpha value is -3.23. The molecule has 0 aromatic heterocycles. The van der Waals surface area contributed by atoms with E-state index in [1.807, 2.05) is 43.3 Å². The number of halogens is 2. The van der Waals surface area contributed by atoms with Crippen LogP contribution >= 0.6 is 23.2 Å². The summed E-state index contributed by atoms with van der Waals surface area (Å²) < 4.78 is 84.3. The monoisotopic (exact) mass is 1550 g/mol. The summed E-state index contributed by atoms with van der Waals surface area (Å²) in [4.78, 5) is 30.3. The number of carbonyl (C=O) groups excluding carboxylic acids is 2. The summed E-state index contributed by atoms with van der Waals surface area (Å²) in [7, 11) is 1.59. The second-order valence-electron chi connectivity index (χ2n) is 20.4. The number of hydrogen-bond donors (Lipinski definition) is 0. The summed E-state index contributed by atoms with van der Waals surface area (Å²) in [6.07, 6.45) is 23.6. The molecule has 83 heavy (non-hydrogen) atoms. The van der Waals surface area contributed by atoms with E-state index in [1.165, 1.54) is 109 Å². The number of fused-ring (bicyclic) bond motifs is 4. The zero-order valence-corrected chi connectivity index (χ0v) is 56.4. The van der Waals surface area contributed by atoms with Crippen LogP contribution in [-0.4, -0.2) is 88.7 Å². The predicted molar refractivity (Wildman–Crippen MR) is 304 cm³/mol. The number of nitrogens with zero attached hydrogens (tertiary/aromatic N) is 2. The van der Waals surface area contributed by atoms with Crippen molar-refractivity contribution in [1.29, 1.82) is 0 Å². The van der Waals surface area contributed by atoms with Crippen molar-refractivity contribution in [2.75, 3.05) is 34.4 Å². The van der Waals surface area contributed by atoms with Crippen molar-refractivity contribution in [2.24, 2.45) is 23.7 Å². The number of benzene rings is 3. The molecular weight excluding hydrogens is 1470 g/mol. The van der Waals surface area contributed by atoms with E-state index in [4.69, 9.17) is 64.8 Å². The Morgan fingerprint density at radius 3 is 1.37 bits per heavy atom. The molecule has 0 N–H and O–H groups in total. The molecule has 3 aromatic rings. The Morgan fingerprint density at radius 2 is 0.940 bits per heavy atom. The zero-order chi connectivity index (χ0) is 59.5. The molecule has 3 aromatic carbocycles.